The van der Waals surface area contributed by atoms with Crippen LogP contribution in [0.5, 0.6) is 5.75 Å². The number of pyridine rings is 1. The zero-order valence-electron chi connectivity index (χ0n) is 18.6. The van der Waals surface area contributed by atoms with Crippen LogP contribution in [0.15, 0.2) is 60.9 Å². The lowest BCUT2D eigenvalue weighted by atomic mass is 10.0. The molecule has 1 amide bonds. The van der Waals surface area contributed by atoms with Gasteiger partial charge < -0.3 is 14.5 Å². The highest BCUT2D eigenvalue weighted by Gasteiger charge is 2.43. The van der Waals surface area contributed by atoms with E-state index in [1.54, 1.807) is 24.1 Å². The molecule has 2 aliphatic heterocycles. The number of carbonyl (C=O) groups is 1. The lowest BCUT2D eigenvalue weighted by Gasteiger charge is -2.23. The molecule has 0 N–H and O–H groups in total. The van der Waals surface area contributed by atoms with Crippen molar-refractivity contribution in [2.24, 2.45) is 11.8 Å². The van der Waals surface area contributed by atoms with Gasteiger partial charge in [-0.25, -0.2) is 9.37 Å². The third-order valence-electron chi connectivity index (χ3n) is 6.82. The maximum Gasteiger partial charge on any atom is 0.259 e. The largest absolute Gasteiger partial charge is 0.497 e. The Labute approximate surface area is 195 Å². The standard InChI is InChI=1S/C25H23FN6O2/c1-34-19-6-7-21-16(11-19)5-8-23(29-21)30-12-17-14-31(15-18(17)13-30)25(33)24-20(26)3-2-4-22(24)32-27-9-10-28-32/h2-11,17-18H,12-15H2,1H3. The number of amides is 1. The topological polar surface area (TPSA) is 76.4 Å². The molecule has 0 saturated carbocycles. The van der Waals surface area contributed by atoms with Crippen LogP contribution in [-0.2, 0) is 0 Å². The van der Waals surface area contributed by atoms with Gasteiger partial charge in [0.15, 0.2) is 0 Å². The minimum Gasteiger partial charge on any atom is -0.497 e. The van der Waals surface area contributed by atoms with Crippen LogP contribution in [0.4, 0.5) is 10.2 Å². The number of rotatable bonds is 4. The highest BCUT2D eigenvalue weighted by atomic mass is 19.1. The highest BCUT2D eigenvalue weighted by molar-refractivity contribution is 5.98. The Morgan fingerprint density at radius 3 is 2.50 bits per heavy atom. The van der Waals surface area contributed by atoms with Crippen LogP contribution >= 0.6 is 0 Å². The summed E-state index contributed by atoms with van der Waals surface area (Å²) >= 11 is 0. The van der Waals surface area contributed by atoms with Crippen LogP contribution in [0, 0.1) is 17.7 Å². The molecular weight excluding hydrogens is 435 g/mol. The molecule has 9 heteroatoms. The van der Waals surface area contributed by atoms with Crippen LogP contribution in [0.1, 0.15) is 10.4 Å². The fourth-order valence-electron chi connectivity index (χ4n) is 5.13. The van der Waals surface area contributed by atoms with Crippen molar-refractivity contribution in [3.63, 3.8) is 0 Å². The fraction of sp³-hybridized carbons (Fsp3) is 0.280. The number of nitrogens with zero attached hydrogens (tertiary/aromatic N) is 6. The van der Waals surface area contributed by atoms with Gasteiger partial charge in [-0.05, 0) is 42.5 Å². The molecule has 8 nitrogen and oxygen atoms in total. The summed E-state index contributed by atoms with van der Waals surface area (Å²) in [7, 11) is 1.65. The summed E-state index contributed by atoms with van der Waals surface area (Å²) in [6.45, 7) is 2.80. The van der Waals surface area contributed by atoms with Crippen molar-refractivity contribution in [3.05, 3.63) is 72.3 Å². The second kappa shape index (κ2) is 8.09. The summed E-state index contributed by atoms with van der Waals surface area (Å²) in [4.78, 5) is 23.5. The van der Waals surface area contributed by atoms with Crippen molar-refractivity contribution in [1.82, 2.24) is 24.9 Å². The van der Waals surface area contributed by atoms with E-state index in [1.165, 1.54) is 23.3 Å². The third-order valence-corrected chi connectivity index (χ3v) is 6.82. The number of methoxy groups -OCH3 is 1. The summed E-state index contributed by atoms with van der Waals surface area (Å²) in [5, 5.41) is 9.19. The Hall–Kier alpha value is -4.01. The minimum absolute atomic E-state index is 0.0159. The van der Waals surface area contributed by atoms with Crippen molar-refractivity contribution in [3.8, 4) is 11.4 Å². The molecule has 2 unspecified atom stereocenters. The number of carbonyl (C=O) groups excluding carboxylic acids is 1. The predicted molar refractivity (Wildman–Crippen MR) is 125 cm³/mol. The van der Waals surface area contributed by atoms with Crippen LogP contribution < -0.4 is 9.64 Å². The molecule has 34 heavy (non-hydrogen) atoms. The summed E-state index contributed by atoms with van der Waals surface area (Å²) < 4.78 is 20.1. The van der Waals surface area contributed by atoms with E-state index < -0.39 is 5.82 Å². The number of hydrogen-bond acceptors (Lipinski definition) is 6. The molecule has 0 bridgehead atoms. The van der Waals surface area contributed by atoms with Gasteiger partial charge in [-0.3, -0.25) is 4.79 Å². The molecule has 2 atom stereocenters. The van der Waals surface area contributed by atoms with E-state index in [9.17, 15) is 9.18 Å². The first-order valence-electron chi connectivity index (χ1n) is 11.2. The molecule has 4 heterocycles. The number of aromatic nitrogens is 4. The van der Waals surface area contributed by atoms with Gasteiger partial charge >= 0.3 is 0 Å². The van der Waals surface area contributed by atoms with Gasteiger partial charge in [0, 0.05) is 43.4 Å². The van der Waals surface area contributed by atoms with Crippen LogP contribution in [-0.4, -0.2) is 64.1 Å². The third kappa shape index (κ3) is 3.44. The van der Waals surface area contributed by atoms with Crippen molar-refractivity contribution in [1.29, 1.82) is 0 Å². The van der Waals surface area contributed by atoms with E-state index in [0.29, 0.717) is 30.6 Å². The average molecular weight is 458 g/mol. The van der Waals surface area contributed by atoms with Crippen molar-refractivity contribution in [2.75, 3.05) is 38.2 Å². The van der Waals surface area contributed by atoms with Crippen LogP contribution in [0.2, 0.25) is 0 Å². The molecule has 2 aromatic heterocycles. The lowest BCUT2D eigenvalue weighted by Crippen LogP contribution is -2.34. The Morgan fingerprint density at radius 2 is 1.76 bits per heavy atom. The van der Waals surface area contributed by atoms with Crippen LogP contribution in [0.25, 0.3) is 16.6 Å². The van der Waals surface area contributed by atoms with Gasteiger partial charge in [-0.15, -0.1) is 0 Å². The van der Waals surface area contributed by atoms with Crippen molar-refractivity contribution < 1.29 is 13.9 Å². The van der Waals surface area contributed by atoms with Gasteiger partial charge in [-0.2, -0.15) is 15.0 Å². The number of likely N-dealkylation sites (tertiary alicyclic amines) is 1. The Balaban J connectivity index is 1.19. The van der Waals surface area contributed by atoms with Gasteiger partial charge in [-0.1, -0.05) is 6.07 Å². The maximum atomic E-state index is 14.8. The summed E-state index contributed by atoms with van der Waals surface area (Å²) in [5.41, 5.74) is 1.29. The zero-order valence-corrected chi connectivity index (χ0v) is 18.6. The monoisotopic (exact) mass is 458 g/mol. The number of fused-ring (bicyclic) bond motifs is 2. The molecule has 0 spiro atoms. The second-order valence-corrected chi connectivity index (χ2v) is 8.82. The molecule has 2 aliphatic rings. The van der Waals surface area contributed by atoms with E-state index in [4.69, 9.17) is 9.72 Å². The molecule has 0 radical (unpaired) electrons. The smallest absolute Gasteiger partial charge is 0.259 e. The number of benzene rings is 2. The molecule has 6 rings (SSSR count). The van der Waals surface area contributed by atoms with E-state index in [1.807, 2.05) is 24.3 Å². The second-order valence-electron chi connectivity index (χ2n) is 8.82. The van der Waals surface area contributed by atoms with Gasteiger partial charge in [0.1, 0.15) is 28.6 Å². The normalized spacial score (nSPS) is 19.6. The number of halogens is 1. The summed E-state index contributed by atoms with van der Waals surface area (Å²) in [6.07, 6.45) is 3.01. The first-order chi connectivity index (χ1) is 16.6. The van der Waals surface area contributed by atoms with Gasteiger partial charge in [0.2, 0.25) is 0 Å². The minimum atomic E-state index is -0.560. The van der Waals surface area contributed by atoms with Crippen LogP contribution in [0.3, 0.4) is 0 Å². The first-order valence-corrected chi connectivity index (χ1v) is 11.2. The average Bonchev–Trinajstić information content (AvgIpc) is 3.60. The highest BCUT2D eigenvalue weighted by Crippen LogP contribution is 2.35. The van der Waals surface area contributed by atoms with E-state index in [-0.39, 0.29) is 11.5 Å². The van der Waals surface area contributed by atoms with E-state index in [0.717, 1.165) is 35.6 Å². The predicted octanol–water partition coefficient (Wildman–Crippen LogP) is 3.17. The molecule has 0 aliphatic carbocycles. The molecule has 2 fully saturated rings. The zero-order chi connectivity index (χ0) is 23.2. The Kier molecular flexibility index (Phi) is 4.90. The van der Waals surface area contributed by atoms with Crippen molar-refractivity contribution in [2.45, 2.75) is 0 Å². The molecule has 2 aromatic carbocycles. The molecule has 4 aromatic rings. The quantitative estimate of drug-likeness (QED) is 0.468. The molecular formula is C25H23FN6O2. The number of ether oxygens (including phenoxy) is 1. The Morgan fingerprint density at radius 1 is 1.00 bits per heavy atom. The maximum absolute atomic E-state index is 14.8. The van der Waals surface area contributed by atoms with E-state index >= 15 is 0 Å². The van der Waals surface area contributed by atoms with E-state index in [2.05, 4.69) is 21.2 Å². The number of hydrogen-bond donors (Lipinski definition) is 0. The van der Waals surface area contributed by atoms with Gasteiger partial charge in [0.25, 0.3) is 5.91 Å². The summed E-state index contributed by atoms with van der Waals surface area (Å²) in [6, 6.07) is 14.5. The summed E-state index contributed by atoms with van der Waals surface area (Å²) in [5.74, 6) is 1.50. The lowest BCUT2D eigenvalue weighted by molar-refractivity contribution is 0.0777. The molecule has 2 saturated heterocycles. The van der Waals surface area contributed by atoms with Crippen molar-refractivity contribution >= 4 is 22.6 Å². The number of anilines is 1. The fourth-order valence-corrected chi connectivity index (χ4v) is 5.13. The molecule has 172 valence electrons. The SMILES string of the molecule is COc1ccc2nc(N3CC4CN(C(=O)c5c(F)cccc5-n5nccn5)CC4C3)ccc2c1. The Bertz CT molecular complexity index is 1360. The van der Waals surface area contributed by atoms with Gasteiger partial charge in [0.05, 0.1) is 25.0 Å². The first kappa shape index (κ1) is 20.6.